The van der Waals surface area contributed by atoms with Crippen molar-refractivity contribution < 1.29 is 744 Å². The van der Waals surface area contributed by atoms with Crippen LogP contribution in [0.2, 0.25) is 0 Å². The highest BCUT2D eigenvalue weighted by Gasteiger charge is 2.30. The van der Waals surface area contributed by atoms with Crippen LogP contribution in [-0.4, -0.2) is 115 Å². The van der Waals surface area contributed by atoms with Crippen LogP contribution in [0.3, 0.4) is 0 Å². The lowest BCUT2D eigenvalue weighted by Gasteiger charge is -2.10. The monoisotopic (exact) mass is 2870 g/mol. The molecule has 0 unspecified atom stereocenters. The first-order valence-electron chi connectivity index (χ1n) is 256. The number of hydrogen-bond acceptors (Lipinski definition) is 18. The molecule has 3 aromatic carbocycles. The van der Waals surface area contributed by atoms with Crippen molar-refractivity contribution in [3.63, 3.8) is 0 Å². The molecule has 10 N–H and O–H groups in total. The first kappa shape index (κ1) is 10.6. The second kappa shape index (κ2) is 38.0. The number of carbonyl (C=O) groups excluding carboxylic acids is 1. The topological polar surface area (TPSA) is 420 Å². The van der Waals surface area contributed by atoms with Crippen molar-refractivity contribution in [1.29, 1.82) is 10.7 Å². The summed E-state index contributed by atoms with van der Waals surface area (Å²) in [7, 11) is -11.6. The minimum absolute atomic E-state index is 0. The maximum atomic E-state index is 13.3. The average molecular weight is 2870 g/mol. The van der Waals surface area contributed by atoms with Crippen molar-refractivity contribution in [3.05, 3.63) is 294 Å². The van der Waals surface area contributed by atoms with E-state index in [4.69, 9.17) is 687 Å². The molecule has 44 heteroatoms. The number of halogens is 14. The van der Waals surface area contributed by atoms with Gasteiger partial charge in [-0.2, -0.15) is 5.26 Å². The molecule has 0 aliphatic carbocycles. The Morgan fingerprint density at radius 3 is 1.24 bits per heavy atom. The summed E-state index contributed by atoms with van der Waals surface area (Å²) in [4.78, 5) is 49.2. The van der Waals surface area contributed by atoms with Crippen LogP contribution in [0.15, 0.2) is 263 Å². The van der Waals surface area contributed by atoms with Gasteiger partial charge in [0.05, 0.1) is 54.8 Å². The van der Waals surface area contributed by atoms with Gasteiger partial charge < -0.3 is 36.6 Å². The number of benzene rings is 3. The highest BCUT2D eigenvalue weighted by atomic mass is 79.9. The summed E-state index contributed by atoms with van der Waals surface area (Å²) in [6.07, 6.45) is -0.985. The molecule has 0 saturated heterocycles. The van der Waals surface area contributed by atoms with Crippen LogP contribution in [0.4, 0.5) is 43.9 Å². The lowest BCUT2D eigenvalue weighted by atomic mass is 10.1. The molecule has 0 aliphatic heterocycles. The molecule has 14 aromatic heterocycles. The Labute approximate surface area is 1390 Å². The summed E-state index contributed by atoms with van der Waals surface area (Å²) >= 11 is 13.2. The first-order valence-corrected chi connectivity index (χ1v) is 41.2. The molecule has 17 aromatic rings. The zero-order valence-electron chi connectivity index (χ0n) is 504. The van der Waals surface area contributed by atoms with Crippen LogP contribution < -0.4 is 11.5 Å². The molecular weight excluding hydrogens is 1910 g/mol. The zero-order chi connectivity index (χ0) is 531. The smallest absolute Gasteiger partial charge is 0.279 e. The molecule has 0 amide bonds. The van der Waals surface area contributed by atoms with E-state index in [0.717, 1.165) is 24.4 Å². The molecule has 17 rings (SSSR count). The van der Waals surface area contributed by atoms with Gasteiger partial charge in [0.15, 0.2) is 29.1 Å². The molecule has 0 saturated carbocycles. The lowest BCUT2D eigenvalue weighted by Crippen LogP contribution is -2.16. The first-order chi connectivity index (χ1) is 279. The van der Waals surface area contributed by atoms with Gasteiger partial charge in [0.25, 0.3) is 62.2 Å². The number of amidine groups is 2. The zero-order valence-corrected chi connectivity index (χ0v) is 69.0. The van der Waals surface area contributed by atoms with E-state index in [1.807, 2.05) is 6.07 Å². The Bertz CT molecular complexity index is 7480. The number of aromatic nitrogens is 14. The number of nitrogens with one attached hydrogen (secondary N) is 5. The van der Waals surface area contributed by atoms with Gasteiger partial charge in [0.1, 0.15) is 34.1 Å². The minimum atomic E-state index is -4.16. The summed E-state index contributed by atoms with van der Waals surface area (Å²) in [5.41, 5.74) is 12.5. The number of pyridine rings is 7. The number of H-pyrrole nitrogens is 4. The van der Waals surface area contributed by atoms with Crippen molar-refractivity contribution in [2.45, 2.75) is 46.8 Å². The molecule has 0 atom stereocenters. The number of fused-ring (bicyclic) bond motifs is 7. The molecule has 27 nitrogen and oxygen atoms in total. The van der Waals surface area contributed by atoms with Gasteiger partial charge in [-0.15, -0.1) is 0 Å². The molecule has 0 aliphatic rings. The number of oxime groups is 1. The van der Waals surface area contributed by atoms with Crippen LogP contribution in [0, 0.1) is 16.7 Å². The van der Waals surface area contributed by atoms with Crippen LogP contribution >= 0.6 is 63.7 Å². The van der Waals surface area contributed by atoms with Crippen molar-refractivity contribution in [3.8, 4) is 6.07 Å². The van der Waals surface area contributed by atoms with Gasteiger partial charge >= 0.3 is 0 Å². The largest absolute Gasteiger partial charge is 0.409 e. The summed E-state index contributed by atoms with van der Waals surface area (Å²) in [6.45, 7) is 0. The molecular formula is C76H505Br4F10N19O8S3. The molecule has 120 heavy (non-hydrogen) atoms. The van der Waals surface area contributed by atoms with E-state index < -0.39 is 67.9 Å². The van der Waals surface area contributed by atoms with E-state index in [-0.39, 0.29) is 77.5 Å². The maximum absolute atomic E-state index is 13.3. The highest BCUT2D eigenvalue weighted by molar-refractivity contribution is 9.11. The number of hydrogen-bond donors (Lipinski definition) is 8. The summed E-state index contributed by atoms with van der Waals surface area (Å²) < 4.78 is 2430. The Morgan fingerprint density at radius 1 is 0.450 bits per heavy atom. The Kier molecular flexibility index (Phi) is 3.35. The molecule has 14 heterocycles. The van der Waals surface area contributed by atoms with Crippen molar-refractivity contribution in [2.75, 3.05) is 0 Å². The number of nitrogens with two attached hydrogens (primary N) is 2. The third-order valence-corrected chi connectivity index (χ3v) is 24.8. The van der Waals surface area contributed by atoms with Gasteiger partial charge in [-0.1, -0.05) is 59.8 Å². The summed E-state index contributed by atoms with van der Waals surface area (Å²) in [6, 6.07) is 46.4. The second-order valence-electron chi connectivity index (χ2n) is 24.3. The number of nitriles is 1. The Hall–Kier alpha value is -12.5. The normalized spacial score (nSPS) is 26.5. The van der Waals surface area contributed by atoms with E-state index >= 15 is 0 Å². The molecule has 1068 valence electrons. The van der Waals surface area contributed by atoms with Gasteiger partial charge in [-0.3, -0.25) is 10.2 Å². The molecule has 0 bridgehead atoms. The fourth-order valence-electron chi connectivity index (χ4n) is 11.4. The highest BCUT2D eigenvalue weighted by Crippen LogP contribution is 2.36. The second-order valence-corrected chi connectivity index (χ2v) is 33.1. The number of carbonyl (C=O) groups is 1. The number of alkyl halides is 10. The number of rotatable bonds is 14. The number of nitrogens with zero attached hydrogens (tertiary/aromatic N) is 12. The predicted octanol–water partition coefficient (Wildman–Crippen LogP) is 74.5. The molecule has 0 spiro atoms. The van der Waals surface area contributed by atoms with E-state index in [1.54, 1.807) is 97.3 Å². The van der Waals surface area contributed by atoms with Crippen molar-refractivity contribution in [1.82, 2.24) is 66.7 Å². The number of aromatic amines is 4. The summed E-state index contributed by atoms with van der Waals surface area (Å²) in [5, 5.41) is 31.0. The van der Waals surface area contributed by atoms with E-state index in [2.05, 4.69) is 124 Å². The number of nitrogen functional groups attached to an aromatic ring is 1. The van der Waals surface area contributed by atoms with Gasteiger partial charge in [0.2, 0.25) is 0 Å². The van der Waals surface area contributed by atoms with E-state index in [0.29, 0.717) is 90.8 Å². The average Bonchev–Trinajstić information content (AvgIpc) is 1.59. The van der Waals surface area contributed by atoms with Crippen molar-refractivity contribution in [2.24, 2.45) is 16.6 Å². The van der Waals surface area contributed by atoms with Gasteiger partial charge in [0, 0.05) is 781 Å². The number of aldehydes is 1. The third-order valence-electron chi connectivity index (χ3n) is 16.9. The van der Waals surface area contributed by atoms with Crippen LogP contribution in [0.25, 0.3) is 77.2 Å². The molecule has 0 fully saturated rings. The lowest BCUT2D eigenvalue weighted by molar-refractivity contribution is 0.111. The van der Waals surface area contributed by atoms with E-state index in [1.165, 1.54) is 126 Å². The third kappa shape index (κ3) is 19.3. The van der Waals surface area contributed by atoms with Crippen LogP contribution in [-0.2, 0) is 30.1 Å². The van der Waals surface area contributed by atoms with Gasteiger partial charge in [-0.25, -0.2) is 116 Å². The fourth-order valence-corrected chi connectivity index (χ4v) is 17.3. The standard InChI is InChI=1S/C14H9BrF2N2O2S.C14H9BrN2O3S.C13H9BrN2O2S.C9H8F2N4O.C9H8F2N4.C9H5F2N3.C8H5BrF2N2.226H2/c15-11-6-7-18-14-10(11)8-12(13(16)17)19(14)22(20,21)9-4-2-1-3-5-9;15-13-6-7-16-14-12(13)8-10(9-18)17(14)21(19,20)11-4-2-1-3-5-11;14-12-6-8-15-13-11(12)7-9-16(13)19(17,18)10-4-2-1-3-5-10;10-7(11)6-3-5-4(8(12)15-16)1-2-13-9(5)14-6;10-7(11)6-3-5-4(8(12)13)1-2-14-9(5)15-6;10-8(11)7-3-6-5(4-12)1-2-13-9(6)14-7;9-5-1-2-12-8-4(5)3-6(13-8)7(10)11;;;;;;;;;;;;;;;;;;;;;;;;;;;;;;;;;;;;;;;;;;;;;;;;;;;;;;;;;;;;;;;;;;;;;;;;;;;;;;;;;;;;;;;;;;;;;;;;;;;;;;;;;;;;;;;;;;;;;;;;;;;;;;;;;;;;;;;;;;;;;;;;;;;;;;;;;;;;;;;;;;;;;;;;;;;;;;;;;;;;;;;;;;;;;;;;;;;;;;;;;;;;;;;;;;;;;;;;;;;;;;;;;;/h1-8,13H;1-9H;1-9H;1-3,7,16H,(H2,12,15)(H,13,14);1-3,7H,(H3,12,13)(H,14,15);1-3,8H,(H,13,14);1-3,7H,(H,12,13);226*1H/i;;;;;;;222*1+1D;4*1+1. The van der Waals surface area contributed by atoms with Crippen molar-refractivity contribution >= 4 is 189 Å². The maximum Gasteiger partial charge on any atom is 0.279 e. The summed E-state index contributed by atoms with van der Waals surface area (Å²) in [5.74, 6) is -0.311. The fraction of sp³-hybridized carbons (Fsp3) is 0.0658. The predicted molar refractivity (Wildman–Crippen MR) is 918 cm³/mol. The Balaban J connectivity index is -0.0000000103. The SMILES string of the molecule is FC(F)c1cc2c(Br)ccnc2[nH]1.N#Cc1ccnc2[nH]c(C(F)F)cc12.N=C(N)c1ccnc2[nH]c(C(F)F)cc12.NC(=NO)c1ccnc2[nH]c(C(F)F)cc12.O=Cc1cc2c(Br)ccnc2n1S(=O)(=O)c1ccccc1.O=S(=O)(c1ccccc1)n1c(C(F)F)cc2c(Br)ccnc21.O=S(=O)(c1ccccc1)n1ccc2c(Br)ccnc21.[2HH].[2HH].[2HH].[2HH].[2H][2H].[2H][2H].[2H][2H].[2H][2H].[2H][2H].[2H][2H].[2H][2H].[2H][2H].[2H][2H].[2H][2H].[2H][2H].[2H][2H].[2H][2H].[2H][2H].[2H][2H].[2H][2H].[2H][2H].[2H][2H].[2H][2H].[2H][2H].[2H][2H].[2H][2H].[2H][2H].[2H][2H].[2H][2H].[2H][2H].[2H][2H].[2H][2H].[2H][2H].[2H][2H].[2H][2H].[2H][2H].[2H][2H].[2H][2H].[2H][2H].[2H][2H].[2H][2H].[2H][2H].[2H][2H].[2H][2H].[2H][2H].[2H][2H].[2H][2H].[2H][2H].[2H][2H].[2H][2H].[2H][2H].[2H][2H].[2H][2H].[2H][2H].[2H][2H].[2H][2H].[2H][2H].[2H][2H].[2H][2H].[2H][2H].[2H][2H].[2H][2H].[2H][2H].[2H][2H].[2H][2H].[2H][2H].[2H][2H].[2H][2H].[2H][2H].[2H][2H].[2H][2H].[2H][2H].[2H][2H].[2H][2H].[2H][2H].[2H][2H].[2H][2H].[2H][2H].[2H][2H].[2H][2H].[2H][2H].[2H][2H].[2H][2H].[2H][2H].[2H][2H].[2H][2H].[2H][2H].[2H][2H].[2H][2H].[2H][2H].[2H][2H].[2H][2H].[2H][2H].[2H][2H].[2H][2H].[2H][2H].[2H][2H].[2H][2H].[2H][2H].[2H][2H].[2H][2H].[2H][2H].[2H][2H].[2H][2H].[2H][2H].[2H][2H].[2H][2H].[2H][2H].[2H][2H].[2H][2H].[2H][2H].[2H][2H].[2H][2H].[2H][2H].[2H][2H].[2H][2H].[2H][2H].[2H][2H].[2H][2H].[2H][2H].[2H][2H].[2H][2H].[2H][2H].[2H][2H].[2H][2H].[2H][2H].[2H][2H].[2H][2H].[2H][2H].[2H][2H].[2H][2H].[2H][2H].[2H][2H].[2H][2H].[2H][2H].[2H][2H].[2H][2H].[2H][2H].[2H][2H].[2H][2H].[2H][2H].[2H][2H].[2H][2H].[2H][2H].[2H][2H].[2H][2H].[2H][2H].[2H][2H].[2H][2H].[2H][2H].[2H][2H].[2H][2H].[2H][2H].[2H][2H].[2H][2H].[2H][2H].[2H][2H].[2H][2H].[2H][2H].[2H][2H].[2H][2H].[2H][2H].[2H][2H].[2H][2H].[2H][2H].[2H][2H].[2H][2H].[2H][2H].[2H][2H].[2H][2H].[2H][2H].[2H][2H].[2H][2H].[2H][2H].[2H][2H].[2H][2H].[2H][2H].[2H][2H].[2H][2H].[2H][2H].[2H][2H].[2H][2H].[2H][2H].[2H][2H].[2H][2H].[2H][2H].[2H][2H].[2H][2H].[2H][2H].[2H][2H].[2H][2H].[2H][2H].[2H][2H].[2H][2H].[2H][2H].[2H][2H].[2H][2H].[2H][2H].[2H][2H].[2H][2H].[2H][2H].[2H][2H].[2H][2H].[2H][2H].[2H][2H].[2H][2H].[2H][2H].[2H][2H].[2H][2H].[2H][2H].[2H][2H].[2H][2H].[2H][2H].[2H][2H].[2H][2H].[2H][2H].[2H][2H].[2H][2H].[2H][2H].[2H][2H].[2H][2H].[2H][2H].[2H][2H].[2H][2H].[2H][2H].[2H][2H]. The van der Waals surface area contributed by atoms with Gasteiger partial charge in [-0.05, 0) is 185 Å². The van der Waals surface area contributed by atoms with Crippen LogP contribution in [0.1, 0.15) is 753 Å². The van der Waals surface area contributed by atoms with E-state index in [9.17, 15) is 74.0 Å². The molecule has 0 radical (unpaired) electrons. The minimum Gasteiger partial charge on any atom is -0.409 e. The quantitative estimate of drug-likeness (QED) is 0.0125. The Morgan fingerprint density at radius 2 is 0.808 bits per heavy atom. The van der Waals surface area contributed by atoms with Crippen LogP contribution in [0.5, 0.6) is 0 Å².